The van der Waals surface area contributed by atoms with E-state index >= 15 is 0 Å². The standard InChI is InChI=1S/C21H24F12O3.C20H22F12O4.C12H20F6O.C8H12F6O/c1-5-12(2)13-8-14(16(3,18(22,23)24)19(25,26)27)10-15(9-13)17(20(28,29)30,21(31,32)33)36-11-35-7-6-34-4;1-4-11(2)12-7-13(15(33,17(21,22)23)18(24,25)26)9-14(8-12)16(19(27,28)29,20(30,31)32)36-10-35-6-5-34-3;1-6-8(2)7-10(11(13,14)15,12(16,17)18)19-9(3,4)5;1-3-5(2)4-6(15,7(9,10)11)8(12,13)14/h8-10,12H,5-7,11H2,1-4H3;7-9,11,33H,4-6,10H2,1-3H3;8H,6-7H2,1-5H3;5,15H,3-4H2,1-2H3. The van der Waals surface area contributed by atoms with Gasteiger partial charge in [-0.15, -0.1) is 0 Å². The quantitative estimate of drug-likeness (QED) is 0.0514. The van der Waals surface area contributed by atoms with E-state index in [2.05, 4.69) is 33.2 Å². The molecule has 0 aromatic heterocycles. The van der Waals surface area contributed by atoms with Gasteiger partial charge < -0.3 is 43.4 Å². The molecule has 2 rings (SSSR count). The highest BCUT2D eigenvalue weighted by Gasteiger charge is 2.78. The lowest BCUT2D eigenvalue weighted by atomic mass is 9.76. The van der Waals surface area contributed by atoms with E-state index in [4.69, 9.17) is 5.11 Å². The molecule has 0 heterocycles. The van der Waals surface area contributed by atoms with Crippen molar-refractivity contribution in [3.63, 3.8) is 0 Å². The molecule has 628 valence electrons. The van der Waals surface area contributed by atoms with Gasteiger partial charge in [-0.1, -0.05) is 98.6 Å². The number of halogens is 36. The maximum atomic E-state index is 14.1. The topological polar surface area (TPSA) is 105 Å². The Hall–Kier alpha value is -4.44. The van der Waals surface area contributed by atoms with Crippen LogP contribution in [0, 0.1) is 11.8 Å². The number of alkyl halides is 36. The second-order valence-corrected chi connectivity index (χ2v) is 25.1. The monoisotopic (exact) mass is 1640 g/mol. The molecule has 0 aliphatic carbocycles. The van der Waals surface area contributed by atoms with Gasteiger partial charge in [0.05, 0.1) is 32.0 Å². The van der Waals surface area contributed by atoms with Crippen LogP contribution < -0.4 is 0 Å². The minimum Gasteiger partial charge on any atom is -0.382 e. The molecule has 4 unspecified atom stereocenters. The van der Waals surface area contributed by atoms with Gasteiger partial charge in [-0.2, -0.15) is 158 Å². The first-order valence-electron chi connectivity index (χ1n) is 30.5. The summed E-state index contributed by atoms with van der Waals surface area (Å²) in [5.74, 6) is -3.75. The van der Waals surface area contributed by atoms with Crippen LogP contribution >= 0.6 is 0 Å². The van der Waals surface area contributed by atoms with Crippen LogP contribution in [0.4, 0.5) is 158 Å². The summed E-state index contributed by atoms with van der Waals surface area (Å²) in [5.41, 5.74) is -41.2. The van der Waals surface area contributed by atoms with Gasteiger partial charge in [0.2, 0.25) is 0 Å². The molecule has 0 fully saturated rings. The predicted octanol–water partition coefficient (Wildman–Crippen LogP) is 22.4. The fraction of sp³-hybridized carbons (Fsp3) is 0.803. The maximum Gasteiger partial charge on any atom is 0.430 e. The van der Waals surface area contributed by atoms with Gasteiger partial charge in [0.25, 0.3) is 28.0 Å². The predicted molar refractivity (Wildman–Crippen MR) is 302 cm³/mol. The molecule has 0 saturated heterocycles. The Morgan fingerprint density at radius 3 is 0.849 bits per heavy atom. The molecule has 4 atom stereocenters. The van der Waals surface area contributed by atoms with Gasteiger partial charge in [0.15, 0.2) is 5.41 Å². The molecule has 0 spiro atoms. The number of aliphatic hydroxyl groups is 2. The molecule has 45 heteroatoms. The normalized spacial score (nSPS) is 15.7. The summed E-state index contributed by atoms with van der Waals surface area (Å²) in [5, 5.41) is 18.4. The van der Waals surface area contributed by atoms with Gasteiger partial charge in [0, 0.05) is 30.9 Å². The first-order chi connectivity index (χ1) is 46.8. The lowest BCUT2D eigenvalue weighted by Gasteiger charge is -2.42. The van der Waals surface area contributed by atoms with Crippen LogP contribution in [-0.4, -0.2) is 155 Å². The molecule has 2 aromatic rings. The van der Waals surface area contributed by atoms with Crippen LogP contribution in [0.2, 0.25) is 0 Å². The third-order valence-electron chi connectivity index (χ3n) is 16.2. The number of ether oxygens (including phenoxy) is 7. The van der Waals surface area contributed by atoms with Crippen molar-refractivity contribution in [2.75, 3.05) is 54.2 Å². The third-order valence-corrected chi connectivity index (χ3v) is 16.2. The van der Waals surface area contributed by atoms with Gasteiger partial charge >= 0.3 is 74.1 Å². The third kappa shape index (κ3) is 24.3. The molecule has 0 radical (unpaired) electrons. The fourth-order valence-electron chi connectivity index (χ4n) is 9.10. The molecule has 2 N–H and O–H groups in total. The zero-order valence-electron chi connectivity index (χ0n) is 58.1. The van der Waals surface area contributed by atoms with Crippen LogP contribution in [0.15, 0.2) is 36.4 Å². The lowest BCUT2D eigenvalue weighted by molar-refractivity contribution is -0.403. The summed E-state index contributed by atoms with van der Waals surface area (Å²) < 4.78 is 513. The number of hydrogen-bond donors (Lipinski definition) is 2. The number of hydrogen-bond acceptors (Lipinski definition) is 9. The molecule has 2 aromatic carbocycles. The first kappa shape index (κ1) is 104. The zero-order chi connectivity index (χ0) is 85.0. The van der Waals surface area contributed by atoms with E-state index < -0.39 is 222 Å². The molecule has 0 aliphatic heterocycles. The van der Waals surface area contributed by atoms with E-state index in [1.165, 1.54) is 62.3 Å². The first-order valence-corrected chi connectivity index (χ1v) is 30.5. The van der Waals surface area contributed by atoms with Crippen molar-refractivity contribution < 1.29 is 201 Å². The molecule has 0 aliphatic rings. The van der Waals surface area contributed by atoms with Crippen LogP contribution in [-0.2, 0) is 55.4 Å². The van der Waals surface area contributed by atoms with E-state index in [1.54, 1.807) is 6.92 Å². The van der Waals surface area contributed by atoms with Crippen LogP contribution in [0.25, 0.3) is 0 Å². The Balaban J connectivity index is 0. The van der Waals surface area contributed by atoms with Gasteiger partial charge in [-0.05, 0) is 99.8 Å². The molecule has 106 heavy (non-hydrogen) atoms. The Labute approximate surface area is 583 Å². The van der Waals surface area contributed by atoms with E-state index in [-0.39, 0.29) is 64.0 Å². The summed E-state index contributed by atoms with van der Waals surface area (Å²) in [6, 6.07) is -0.315. The lowest BCUT2D eigenvalue weighted by Crippen LogP contribution is -2.62. The summed E-state index contributed by atoms with van der Waals surface area (Å²) in [6.45, 7) is 8.85. The second kappa shape index (κ2) is 36.8. The number of benzene rings is 2. The van der Waals surface area contributed by atoms with Crippen molar-refractivity contribution in [1.82, 2.24) is 0 Å². The average Bonchev–Trinajstić information content (AvgIpc) is 0.720. The summed E-state index contributed by atoms with van der Waals surface area (Å²) in [4.78, 5) is 0. The molecular weight excluding hydrogens is 1560 g/mol. The Kier molecular flexibility index (Phi) is 36.0. The van der Waals surface area contributed by atoms with Crippen LogP contribution in [0.1, 0.15) is 167 Å². The van der Waals surface area contributed by atoms with Gasteiger partial charge in [-0.25, -0.2) is 0 Å². The number of rotatable bonds is 27. The van der Waals surface area contributed by atoms with Crippen molar-refractivity contribution in [3.8, 4) is 0 Å². The Morgan fingerprint density at radius 2 is 0.613 bits per heavy atom. The number of methoxy groups -OCH3 is 2. The minimum absolute atomic E-state index is 0.0241. The molecule has 0 saturated carbocycles. The SMILES string of the molecule is CCC(C)CC(O)(C(F)(F)F)C(F)(F)F.CCC(C)CC(OC(C)(C)C)(C(F)(F)F)C(F)(F)F.CCC(C)c1cc(C(C)(C(F)(F)F)C(F)(F)F)cc(C(OCOCCOC)(C(F)(F)F)C(F)(F)F)c1.CCC(C)c1cc(C(O)(C(F)(F)F)C(F)(F)F)cc(C(OCOCCOC)(C(F)(F)F)C(F)(F)F)c1. The van der Waals surface area contributed by atoms with Crippen LogP contribution in [0.5, 0.6) is 0 Å². The largest absolute Gasteiger partial charge is 0.430 e. The van der Waals surface area contributed by atoms with E-state index in [1.807, 2.05) is 0 Å². The highest BCUT2D eigenvalue weighted by atomic mass is 19.5. The van der Waals surface area contributed by atoms with Crippen molar-refractivity contribution in [2.45, 2.75) is 247 Å². The zero-order valence-corrected chi connectivity index (χ0v) is 58.1. The summed E-state index contributed by atoms with van der Waals surface area (Å²) in [7, 11) is 2.28. The fourth-order valence-corrected chi connectivity index (χ4v) is 9.10. The van der Waals surface area contributed by atoms with Crippen LogP contribution in [0.3, 0.4) is 0 Å². The maximum absolute atomic E-state index is 14.1. The van der Waals surface area contributed by atoms with Gasteiger partial charge in [0.1, 0.15) is 13.6 Å². The highest BCUT2D eigenvalue weighted by Crippen LogP contribution is 2.60. The second-order valence-electron chi connectivity index (χ2n) is 25.1. The molecule has 0 bridgehead atoms. The van der Waals surface area contributed by atoms with Crippen molar-refractivity contribution >= 4 is 0 Å². The van der Waals surface area contributed by atoms with E-state index in [0.717, 1.165) is 21.1 Å². The average molecular weight is 1640 g/mol. The highest BCUT2D eigenvalue weighted by molar-refractivity contribution is 5.44. The van der Waals surface area contributed by atoms with E-state index in [0.29, 0.717) is 6.07 Å². The smallest absolute Gasteiger partial charge is 0.382 e. The van der Waals surface area contributed by atoms with Crippen molar-refractivity contribution in [2.24, 2.45) is 11.8 Å². The van der Waals surface area contributed by atoms with Crippen molar-refractivity contribution in [1.29, 1.82) is 0 Å². The minimum atomic E-state index is -6.57. The van der Waals surface area contributed by atoms with Crippen molar-refractivity contribution in [3.05, 3.63) is 69.8 Å². The van der Waals surface area contributed by atoms with Gasteiger partial charge in [-0.3, -0.25) is 0 Å². The molecule has 9 nitrogen and oxygen atoms in total. The Morgan fingerprint density at radius 1 is 0.330 bits per heavy atom. The van der Waals surface area contributed by atoms with E-state index in [9.17, 15) is 163 Å². The molecule has 0 amide bonds. The summed E-state index contributed by atoms with van der Waals surface area (Å²) >= 11 is 0. The molecular formula is C61H78F36O9. The Bertz CT molecular complexity index is 2700. The summed E-state index contributed by atoms with van der Waals surface area (Å²) in [6.07, 6.45) is -75.7.